The van der Waals surface area contributed by atoms with E-state index >= 15 is 0 Å². The molecule has 0 saturated carbocycles. The van der Waals surface area contributed by atoms with Crippen molar-refractivity contribution in [2.24, 2.45) is 0 Å². The Kier molecular flexibility index (Phi) is 6.42. The molecule has 1 rings (SSSR count). The molecule has 4 nitrogen and oxygen atoms in total. The van der Waals surface area contributed by atoms with Crippen molar-refractivity contribution in [3.05, 3.63) is 36.4 Å². The van der Waals surface area contributed by atoms with Gasteiger partial charge in [0.05, 0.1) is 30.0 Å². The highest BCUT2D eigenvalue weighted by Gasteiger charge is 2.23. The summed E-state index contributed by atoms with van der Waals surface area (Å²) in [7, 11) is 2.05. The van der Waals surface area contributed by atoms with Crippen LogP contribution in [0.1, 0.15) is 38.8 Å². The van der Waals surface area contributed by atoms with Crippen LogP contribution in [0.15, 0.2) is 30.9 Å². The molecule has 0 aliphatic rings. The van der Waals surface area contributed by atoms with Crippen LogP contribution in [0.2, 0.25) is 0 Å². The predicted octanol–water partition coefficient (Wildman–Crippen LogP) is 3.37. The monoisotopic (exact) mass is 311 g/mol. The molecule has 0 saturated heterocycles. The van der Waals surface area contributed by atoms with Gasteiger partial charge in [0.1, 0.15) is 0 Å². The zero-order valence-electron chi connectivity index (χ0n) is 13.4. The van der Waals surface area contributed by atoms with Gasteiger partial charge in [-0.3, -0.25) is 0 Å². The quantitative estimate of drug-likeness (QED) is 0.785. The van der Waals surface area contributed by atoms with Crippen LogP contribution in [-0.4, -0.2) is 23.2 Å². The molecule has 2 atom stereocenters. The molecule has 0 bridgehead atoms. The number of nitrogens with one attached hydrogen (secondary N) is 1. The van der Waals surface area contributed by atoms with Crippen molar-refractivity contribution in [3.63, 3.8) is 0 Å². The molecule has 0 radical (unpaired) electrons. The van der Waals surface area contributed by atoms with Crippen LogP contribution in [-0.2, 0) is 11.0 Å². The SMILES string of the molecule is C=CC[C@@H](N[S@@](=O)C(C)(C)C)c1ccc(OC)c(OC)c1. The number of hydrogen-bond donors (Lipinski definition) is 1. The second-order valence-corrected chi connectivity index (χ2v) is 7.69. The lowest BCUT2D eigenvalue weighted by atomic mass is 10.0. The highest BCUT2D eigenvalue weighted by molar-refractivity contribution is 7.84. The molecule has 0 aromatic heterocycles. The van der Waals surface area contributed by atoms with E-state index in [9.17, 15) is 4.21 Å². The van der Waals surface area contributed by atoms with Crippen LogP contribution in [0.25, 0.3) is 0 Å². The van der Waals surface area contributed by atoms with Crippen molar-refractivity contribution < 1.29 is 13.7 Å². The maximum atomic E-state index is 12.3. The Morgan fingerprint density at radius 3 is 2.38 bits per heavy atom. The number of ether oxygens (including phenoxy) is 2. The highest BCUT2D eigenvalue weighted by atomic mass is 32.2. The lowest BCUT2D eigenvalue weighted by Gasteiger charge is -2.24. The highest BCUT2D eigenvalue weighted by Crippen LogP contribution is 2.31. The van der Waals surface area contributed by atoms with Gasteiger partial charge in [-0.05, 0) is 44.9 Å². The van der Waals surface area contributed by atoms with Crippen molar-refractivity contribution in [3.8, 4) is 11.5 Å². The van der Waals surface area contributed by atoms with Gasteiger partial charge in [0.2, 0.25) is 0 Å². The second kappa shape index (κ2) is 7.61. The Balaban J connectivity index is 3.05. The lowest BCUT2D eigenvalue weighted by Crippen LogP contribution is -2.35. The van der Waals surface area contributed by atoms with E-state index in [4.69, 9.17) is 9.47 Å². The molecule has 5 heteroatoms. The maximum Gasteiger partial charge on any atom is 0.161 e. The molecule has 1 aromatic rings. The molecule has 0 spiro atoms. The van der Waals surface area contributed by atoms with Crippen LogP contribution in [0.3, 0.4) is 0 Å². The average Bonchev–Trinajstić information content (AvgIpc) is 2.44. The van der Waals surface area contributed by atoms with Crippen molar-refractivity contribution in [2.45, 2.75) is 38.0 Å². The van der Waals surface area contributed by atoms with Crippen molar-refractivity contribution in [1.82, 2.24) is 4.72 Å². The minimum atomic E-state index is -1.15. The van der Waals surface area contributed by atoms with E-state index in [1.807, 2.05) is 45.0 Å². The molecule has 0 fully saturated rings. The summed E-state index contributed by atoms with van der Waals surface area (Å²) in [6, 6.07) is 5.62. The lowest BCUT2D eigenvalue weighted by molar-refractivity contribution is 0.354. The Morgan fingerprint density at radius 1 is 1.29 bits per heavy atom. The topological polar surface area (TPSA) is 47.6 Å². The van der Waals surface area contributed by atoms with Gasteiger partial charge in [0, 0.05) is 6.04 Å². The van der Waals surface area contributed by atoms with E-state index in [1.165, 1.54) is 0 Å². The zero-order chi connectivity index (χ0) is 16.0. The number of rotatable bonds is 7. The van der Waals surface area contributed by atoms with E-state index in [0.717, 1.165) is 5.56 Å². The van der Waals surface area contributed by atoms with Crippen LogP contribution in [0, 0.1) is 0 Å². The van der Waals surface area contributed by atoms with Gasteiger partial charge in [-0.2, -0.15) is 0 Å². The molecule has 0 amide bonds. The zero-order valence-corrected chi connectivity index (χ0v) is 14.3. The van der Waals surface area contributed by atoms with E-state index in [-0.39, 0.29) is 10.8 Å². The largest absolute Gasteiger partial charge is 0.493 e. The number of hydrogen-bond acceptors (Lipinski definition) is 3. The maximum absolute atomic E-state index is 12.3. The summed E-state index contributed by atoms with van der Waals surface area (Å²) in [5.41, 5.74) is 0.991. The van der Waals surface area contributed by atoms with Gasteiger partial charge in [0.15, 0.2) is 11.5 Å². The Labute approximate surface area is 130 Å². The van der Waals surface area contributed by atoms with Gasteiger partial charge in [0.25, 0.3) is 0 Å². The number of benzene rings is 1. The molecule has 0 aliphatic carbocycles. The van der Waals surface area contributed by atoms with Gasteiger partial charge in [-0.15, -0.1) is 6.58 Å². The van der Waals surface area contributed by atoms with E-state index in [1.54, 1.807) is 14.2 Å². The molecule has 0 unspecified atom stereocenters. The first-order valence-corrected chi connectivity index (χ1v) is 7.99. The third kappa shape index (κ3) is 4.86. The predicted molar refractivity (Wildman–Crippen MR) is 88.1 cm³/mol. The summed E-state index contributed by atoms with van der Waals surface area (Å²) in [6.45, 7) is 9.60. The third-order valence-corrected chi connectivity index (χ3v) is 4.63. The second-order valence-electron chi connectivity index (χ2n) is 5.69. The summed E-state index contributed by atoms with van der Waals surface area (Å²) in [5, 5.41) is 0. The normalized spacial score (nSPS) is 14.3. The molecule has 1 N–H and O–H groups in total. The molecular formula is C16H25NO3S. The molecule has 21 heavy (non-hydrogen) atoms. The molecule has 0 aliphatic heterocycles. The first-order valence-electron chi connectivity index (χ1n) is 6.84. The van der Waals surface area contributed by atoms with Gasteiger partial charge < -0.3 is 9.47 Å². The number of methoxy groups -OCH3 is 2. The third-order valence-electron chi connectivity index (χ3n) is 3.02. The van der Waals surface area contributed by atoms with Gasteiger partial charge >= 0.3 is 0 Å². The molecule has 0 heterocycles. The Morgan fingerprint density at radius 2 is 1.90 bits per heavy atom. The van der Waals surface area contributed by atoms with Crippen LogP contribution >= 0.6 is 0 Å². The van der Waals surface area contributed by atoms with Crippen LogP contribution < -0.4 is 14.2 Å². The first kappa shape index (κ1) is 17.7. The minimum absolute atomic E-state index is 0.0811. The van der Waals surface area contributed by atoms with Crippen molar-refractivity contribution in [2.75, 3.05) is 14.2 Å². The van der Waals surface area contributed by atoms with Gasteiger partial charge in [-0.1, -0.05) is 12.1 Å². The first-order chi connectivity index (χ1) is 9.83. The molecule has 1 aromatic carbocycles. The summed E-state index contributed by atoms with van der Waals surface area (Å²) < 4.78 is 25.7. The van der Waals surface area contributed by atoms with Crippen molar-refractivity contribution >= 4 is 11.0 Å². The van der Waals surface area contributed by atoms with Crippen LogP contribution in [0.5, 0.6) is 11.5 Å². The molecular weight excluding hydrogens is 286 g/mol. The molecule has 118 valence electrons. The fraction of sp³-hybridized carbons (Fsp3) is 0.500. The van der Waals surface area contributed by atoms with E-state index in [0.29, 0.717) is 17.9 Å². The summed E-state index contributed by atoms with van der Waals surface area (Å²) in [6.07, 6.45) is 2.49. The minimum Gasteiger partial charge on any atom is -0.493 e. The average molecular weight is 311 g/mol. The standard InChI is InChI=1S/C16H25NO3S/c1-7-8-13(17-21(18)16(2,3)4)12-9-10-14(19-5)15(11-12)20-6/h7,9-11,13,17H,1,8H2,2-6H3/t13-,21+/m1/s1. The Hall–Kier alpha value is -1.33. The van der Waals surface area contributed by atoms with E-state index in [2.05, 4.69) is 11.3 Å². The van der Waals surface area contributed by atoms with Crippen LogP contribution in [0.4, 0.5) is 0 Å². The smallest absolute Gasteiger partial charge is 0.161 e. The summed E-state index contributed by atoms with van der Waals surface area (Å²) >= 11 is 0. The van der Waals surface area contributed by atoms with Crippen molar-refractivity contribution in [1.29, 1.82) is 0 Å². The Bertz CT molecular complexity index is 509. The van der Waals surface area contributed by atoms with E-state index < -0.39 is 11.0 Å². The fourth-order valence-electron chi connectivity index (χ4n) is 1.79. The fourth-order valence-corrected chi connectivity index (χ4v) is 2.64. The summed E-state index contributed by atoms with van der Waals surface area (Å²) in [4.78, 5) is 0. The summed E-state index contributed by atoms with van der Waals surface area (Å²) in [5.74, 6) is 1.34. The van der Waals surface area contributed by atoms with Gasteiger partial charge in [-0.25, -0.2) is 8.93 Å².